The summed E-state index contributed by atoms with van der Waals surface area (Å²) >= 11 is 0. The second-order valence-electron chi connectivity index (χ2n) is 5.43. The lowest BCUT2D eigenvalue weighted by molar-refractivity contribution is 0.476. The first kappa shape index (κ1) is 13.5. The van der Waals surface area contributed by atoms with E-state index in [4.69, 9.17) is 0 Å². The molecule has 0 atom stereocenters. The molecule has 2 nitrogen and oxygen atoms in total. The number of phenols is 1. The topological polar surface area (TPSA) is 23.5 Å². The average Bonchev–Trinajstić information content (AvgIpc) is 2.26. The van der Waals surface area contributed by atoms with Crippen molar-refractivity contribution in [2.24, 2.45) is 0 Å². The number of benzene rings is 2. The molecule has 0 unspecified atom stereocenters. The number of hydrogen-bond acceptors (Lipinski definition) is 2. The van der Waals surface area contributed by atoms with Crippen LogP contribution in [0.4, 0.5) is 5.69 Å². The summed E-state index contributed by atoms with van der Waals surface area (Å²) in [4.78, 5) is 2.08. The number of hydrogen-bond donors (Lipinski definition) is 1. The van der Waals surface area contributed by atoms with Crippen molar-refractivity contribution in [2.75, 3.05) is 19.0 Å². The summed E-state index contributed by atoms with van der Waals surface area (Å²) in [6.45, 7) is 6.12. The minimum absolute atomic E-state index is 0.354. The summed E-state index contributed by atoms with van der Waals surface area (Å²) in [5, 5.41) is 10.2. The summed E-state index contributed by atoms with van der Waals surface area (Å²) in [6, 6.07) is 10.3. The first-order valence-corrected chi connectivity index (χ1v) is 6.48. The fourth-order valence-corrected chi connectivity index (χ4v) is 2.49. The van der Waals surface area contributed by atoms with Gasteiger partial charge in [0.1, 0.15) is 5.75 Å². The fourth-order valence-electron chi connectivity index (χ4n) is 2.49. The van der Waals surface area contributed by atoms with E-state index < -0.39 is 0 Å². The summed E-state index contributed by atoms with van der Waals surface area (Å²) in [5.74, 6) is 0.354. The van der Waals surface area contributed by atoms with Gasteiger partial charge in [-0.3, -0.25) is 0 Å². The van der Waals surface area contributed by atoms with Gasteiger partial charge in [-0.05, 0) is 61.2 Å². The molecule has 0 bridgehead atoms. The Labute approximate surface area is 115 Å². The van der Waals surface area contributed by atoms with Crippen molar-refractivity contribution < 1.29 is 5.11 Å². The van der Waals surface area contributed by atoms with Crippen molar-refractivity contribution in [1.29, 1.82) is 0 Å². The molecule has 1 N–H and O–H groups in total. The molecule has 0 heterocycles. The molecular formula is C17H21NO. The van der Waals surface area contributed by atoms with Crippen LogP contribution in [-0.4, -0.2) is 19.2 Å². The van der Waals surface area contributed by atoms with E-state index in [0.717, 1.165) is 27.9 Å². The molecule has 0 fully saturated rings. The highest BCUT2D eigenvalue weighted by molar-refractivity contribution is 5.77. The molecule has 2 aromatic rings. The fraction of sp³-hybridized carbons (Fsp3) is 0.294. The van der Waals surface area contributed by atoms with Gasteiger partial charge in [-0.1, -0.05) is 12.1 Å². The second-order valence-corrected chi connectivity index (χ2v) is 5.43. The monoisotopic (exact) mass is 255 g/mol. The van der Waals surface area contributed by atoms with Crippen LogP contribution in [0.1, 0.15) is 16.7 Å². The zero-order valence-corrected chi connectivity index (χ0v) is 12.3. The number of anilines is 1. The van der Waals surface area contributed by atoms with Crippen molar-refractivity contribution in [3.05, 3.63) is 47.0 Å². The highest BCUT2D eigenvalue weighted by atomic mass is 16.3. The third kappa shape index (κ3) is 2.73. The smallest absolute Gasteiger partial charge is 0.123 e. The van der Waals surface area contributed by atoms with Gasteiger partial charge in [0.05, 0.1) is 0 Å². The van der Waals surface area contributed by atoms with E-state index in [1.54, 1.807) is 0 Å². The van der Waals surface area contributed by atoms with Crippen LogP contribution in [0.2, 0.25) is 0 Å². The lowest BCUT2D eigenvalue weighted by atomic mass is 9.95. The largest absolute Gasteiger partial charge is 0.507 e. The third-order valence-electron chi connectivity index (χ3n) is 3.33. The maximum atomic E-state index is 10.2. The van der Waals surface area contributed by atoms with Crippen LogP contribution in [0.3, 0.4) is 0 Å². The van der Waals surface area contributed by atoms with E-state index >= 15 is 0 Å². The summed E-state index contributed by atoms with van der Waals surface area (Å²) < 4.78 is 0. The maximum absolute atomic E-state index is 10.2. The molecule has 0 aromatic heterocycles. The molecule has 0 saturated heterocycles. The Morgan fingerprint density at radius 3 is 2.05 bits per heavy atom. The van der Waals surface area contributed by atoms with E-state index in [2.05, 4.69) is 36.1 Å². The van der Waals surface area contributed by atoms with Crippen molar-refractivity contribution >= 4 is 5.69 Å². The molecule has 0 aliphatic rings. The van der Waals surface area contributed by atoms with Crippen LogP contribution >= 0.6 is 0 Å². The van der Waals surface area contributed by atoms with Gasteiger partial charge in [0.2, 0.25) is 0 Å². The van der Waals surface area contributed by atoms with Gasteiger partial charge in [0, 0.05) is 25.3 Å². The zero-order chi connectivity index (χ0) is 14.2. The van der Waals surface area contributed by atoms with Crippen LogP contribution in [0.15, 0.2) is 30.3 Å². The van der Waals surface area contributed by atoms with Crippen molar-refractivity contribution in [1.82, 2.24) is 0 Å². The van der Waals surface area contributed by atoms with E-state index in [0.29, 0.717) is 5.75 Å². The Morgan fingerprint density at radius 1 is 0.842 bits per heavy atom. The maximum Gasteiger partial charge on any atom is 0.123 e. The SMILES string of the molecule is Cc1cc(-c2c(C)cc(C)cc2O)cc(N(C)C)c1. The molecule has 0 spiro atoms. The quantitative estimate of drug-likeness (QED) is 0.875. The van der Waals surface area contributed by atoms with Crippen molar-refractivity contribution in [3.8, 4) is 16.9 Å². The van der Waals surface area contributed by atoms with E-state index in [1.165, 1.54) is 5.56 Å². The predicted molar refractivity (Wildman–Crippen MR) is 82.1 cm³/mol. The minimum Gasteiger partial charge on any atom is -0.507 e. The van der Waals surface area contributed by atoms with Gasteiger partial charge in [-0.25, -0.2) is 0 Å². The average molecular weight is 255 g/mol. The first-order valence-electron chi connectivity index (χ1n) is 6.48. The van der Waals surface area contributed by atoms with Crippen LogP contribution in [0, 0.1) is 20.8 Å². The summed E-state index contributed by atoms with van der Waals surface area (Å²) in [7, 11) is 4.06. The van der Waals surface area contributed by atoms with Gasteiger partial charge in [-0.2, -0.15) is 0 Å². The molecular weight excluding hydrogens is 234 g/mol. The molecule has 0 saturated carbocycles. The number of rotatable bonds is 2. The van der Waals surface area contributed by atoms with Gasteiger partial charge in [0.15, 0.2) is 0 Å². The zero-order valence-electron chi connectivity index (χ0n) is 12.3. The summed E-state index contributed by atoms with van der Waals surface area (Å²) in [5.41, 5.74) is 6.53. The van der Waals surface area contributed by atoms with Gasteiger partial charge in [-0.15, -0.1) is 0 Å². The molecule has 2 heteroatoms. The molecule has 0 aliphatic heterocycles. The first-order chi connectivity index (χ1) is 8.88. The van der Waals surface area contributed by atoms with Crippen molar-refractivity contribution in [3.63, 3.8) is 0 Å². The molecule has 0 aliphatic carbocycles. The van der Waals surface area contributed by atoms with Crippen LogP contribution in [0.5, 0.6) is 5.75 Å². The number of aromatic hydroxyl groups is 1. The molecule has 2 aromatic carbocycles. The van der Waals surface area contributed by atoms with E-state index in [-0.39, 0.29) is 0 Å². The van der Waals surface area contributed by atoms with Crippen LogP contribution in [-0.2, 0) is 0 Å². The number of phenolic OH excluding ortho intramolecular Hbond substituents is 1. The number of aryl methyl sites for hydroxylation is 3. The molecule has 100 valence electrons. The predicted octanol–water partition coefficient (Wildman–Crippen LogP) is 4.05. The third-order valence-corrected chi connectivity index (χ3v) is 3.33. The Balaban J connectivity index is 2.65. The van der Waals surface area contributed by atoms with Crippen LogP contribution in [0.25, 0.3) is 11.1 Å². The van der Waals surface area contributed by atoms with E-state index in [1.807, 2.05) is 34.0 Å². The highest BCUT2D eigenvalue weighted by Gasteiger charge is 2.10. The lowest BCUT2D eigenvalue weighted by Gasteiger charge is -2.17. The van der Waals surface area contributed by atoms with Crippen molar-refractivity contribution in [2.45, 2.75) is 20.8 Å². The van der Waals surface area contributed by atoms with Gasteiger partial charge in [0.25, 0.3) is 0 Å². The Bertz CT molecular complexity index is 592. The van der Waals surface area contributed by atoms with Crippen LogP contribution < -0.4 is 4.90 Å². The number of nitrogens with zero attached hydrogens (tertiary/aromatic N) is 1. The molecule has 19 heavy (non-hydrogen) atoms. The van der Waals surface area contributed by atoms with E-state index in [9.17, 15) is 5.11 Å². The molecule has 0 amide bonds. The second kappa shape index (κ2) is 4.96. The normalized spacial score (nSPS) is 10.6. The molecule has 2 rings (SSSR count). The Morgan fingerprint density at radius 2 is 1.47 bits per heavy atom. The minimum atomic E-state index is 0.354. The Kier molecular flexibility index (Phi) is 3.52. The molecule has 0 radical (unpaired) electrons. The lowest BCUT2D eigenvalue weighted by Crippen LogP contribution is -2.08. The Hall–Kier alpha value is -1.96. The summed E-state index contributed by atoms with van der Waals surface area (Å²) in [6.07, 6.45) is 0. The van der Waals surface area contributed by atoms with Gasteiger partial charge >= 0.3 is 0 Å². The van der Waals surface area contributed by atoms with Gasteiger partial charge < -0.3 is 10.0 Å². The standard InChI is InChI=1S/C17H21NO/c1-11-6-13(3)17(16(19)9-11)14-7-12(2)8-15(10-14)18(4)5/h6-10,19H,1-5H3. The highest BCUT2D eigenvalue weighted by Crippen LogP contribution is 2.35.